The topological polar surface area (TPSA) is 86.3 Å². The fraction of sp³-hybridized carbons (Fsp3) is 0. The maximum atomic E-state index is 13.8. The standard InChI is InChI=1S/C11H8FN5O/c12-10-5-9(15-16-13)1-2-11(10)17-4-3-8(7-17)6-14-18/h1-7,18H/b14-6-. The van der Waals surface area contributed by atoms with Crippen LogP contribution in [-0.2, 0) is 0 Å². The van der Waals surface area contributed by atoms with Gasteiger partial charge in [0.25, 0.3) is 0 Å². The van der Waals surface area contributed by atoms with Crippen molar-refractivity contribution in [3.8, 4) is 5.69 Å². The molecule has 2 aromatic rings. The molecule has 0 aliphatic rings. The van der Waals surface area contributed by atoms with Gasteiger partial charge in [-0.2, -0.15) is 0 Å². The molecule has 0 saturated heterocycles. The Bertz CT molecular complexity index is 643. The fourth-order valence-corrected chi connectivity index (χ4v) is 1.52. The summed E-state index contributed by atoms with van der Waals surface area (Å²) in [5.41, 5.74) is 9.41. The first-order chi connectivity index (χ1) is 8.74. The lowest BCUT2D eigenvalue weighted by Crippen LogP contribution is -1.93. The number of hydrogen-bond donors (Lipinski definition) is 1. The summed E-state index contributed by atoms with van der Waals surface area (Å²) >= 11 is 0. The van der Waals surface area contributed by atoms with Crippen LogP contribution in [0.25, 0.3) is 16.1 Å². The first-order valence-electron chi connectivity index (χ1n) is 4.95. The SMILES string of the molecule is [N-]=[N+]=Nc1ccc(-n2ccc(/C=N\O)c2)c(F)c1. The predicted octanol–water partition coefficient (Wildman–Crippen LogP) is 3.37. The number of halogens is 1. The van der Waals surface area contributed by atoms with Crippen molar-refractivity contribution in [3.63, 3.8) is 0 Å². The van der Waals surface area contributed by atoms with Crippen LogP contribution < -0.4 is 0 Å². The monoisotopic (exact) mass is 245 g/mol. The van der Waals surface area contributed by atoms with E-state index < -0.39 is 5.82 Å². The molecule has 0 aliphatic heterocycles. The Morgan fingerprint density at radius 2 is 2.22 bits per heavy atom. The van der Waals surface area contributed by atoms with Crippen molar-refractivity contribution < 1.29 is 9.60 Å². The van der Waals surface area contributed by atoms with Crippen molar-refractivity contribution in [2.75, 3.05) is 0 Å². The third-order valence-corrected chi connectivity index (χ3v) is 2.29. The number of rotatable bonds is 3. The molecule has 7 heteroatoms. The smallest absolute Gasteiger partial charge is 0.147 e. The largest absolute Gasteiger partial charge is 0.411 e. The van der Waals surface area contributed by atoms with E-state index in [9.17, 15) is 4.39 Å². The zero-order valence-corrected chi connectivity index (χ0v) is 9.10. The lowest BCUT2D eigenvalue weighted by atomic mass is 10.2. The normalized spacial score (nSPS) is 10.5. The molecule has 0 atom stereocenters. The third-order valence-electron chi connectivity index (χ3n) is 2.29. The summed E-state index contributed by atoms with van der Waals surface area (Å²) in [6.45, 7) is 0. The Balaban J connectivity index is 2.40. The molecule has 0 saturated carbocycles. The minimum Gasteiger partial charge on any atom is -0.411 e. The van der Waals surface area contributed by atoms with Crippen molar-refractivity contribution in [1.29, 1.82) is 0 Å². The first-order valence-corrected chi connectivity index (χ1v) is 4.95. The summed E-state index contributed by atoms with van der Waals surface area (Å²) in [6.07, 6.45) is 4.47. The Labute approximate surface area is 101 Å². The van der Waals surface area contributed by atoms with Crippen molar-refractivity contribution in [1.82, 2.24) is 4.57 Å². The van der Waals surface area contributed by atoms with Crippen molar-refractivity contribution in [2.24, 2.45) is 10.3 Å². The molecule has 18 heavy (non-hydrogen) atoms. The van der Waals surface area contributed by atoms with Crippen molar-refractivity contribution in [2.45, 2.75) is 0 Å². The molecule has 0 spiro atoms. The van der Waals surface area contributed by atoms with Crippen molar-refractivity contribution >= 4 is 11.9 Å². The number of azide groups is 1. The highest BCUT2D eigenvalue weighted by atomic mass is 19.1. The summed E-state index contributed by atoms with van der Waals surface area (Å²) in [4.78, 5) is 2.58. The maximum Gasteiger partial charge on any atom is 0.147 e. The van der Waals surface area contributed by atoms with Crippen LogP contribution in [0.1, 0.15) is 5.56 Å². The molecule has 0 unspecified atom stereocenters. The van der Waals surface area contributed by atoms with Crippen LogP contribution in [0, 0.1) is 5.82 Å². The minimum atomic E-state index is -0.511. The van der Waals surface area contributed by atoms with Gasteiger partial charge in [0.2, 0.25) is 0 Å². The number of hydrogen-bond acceptors (Lipinski definition) is 3. The molecule has 0 radical (unpaired) electrons. The van der Waals surface area contributed by atoms with Gasteiger partial charge in [0.1, 0.15) is 5.82 Å². The van der Waals surface area contributed by atoms with Gasteiger partial charge in [-0.3, -0.25) is 0 Å². The van der Waals surface area contributed by atoms with E-state index >= 15 is 0 Å². The van der Waals surface area contributed by atoms with Crippen LogP contribution >= 0.6 is 0 Å². The van der Waals surface area contributed by atoms with Gasteiger partial charge in [0.05, 0.1) is 11.9 Å². The van der Waals surface area contributed by atoms with Crippen LogP contribution in [0.2, 0.25) is 0 Å². The number of nitrogens with zero attached hydrogens (tertiary/aromatic N) is 5. The summed E-state index contributed by atoms with van der Waals surface area (Å²) in [5, 5.41) is 14.6. The number of aromatic nitrogens is 1. The van der Waals surface area contributed by atoms with Gasteiger partial charge in [-0.25, -0.2) is 4.39 Å². The van der Waals surface area contributed by atoms with Crippen LogP contribution in [0.3, 0.4) is 0 Å². The molecule has 2 rings (SSSR count). The van der Waals surface area contributed by atoms with E-state index in [1.165, 1.54) is 22.9 Å². The number of oxime groups is 1. The summed E-state index contributed by atoms with van der Waals surface area (Å²) < 4.78 is 15.3. The fourth-order valence-electron chi connectivity index (χ4n) is 1.52. The van der Waals surface area contributed by atoms with E-state index in [4.69, 9.17) is 10.7 Å². The molecule has 90 valence electrons. The zero-order chi connectivity index (χ0) is 13.0. The van der Waals surface area contributed by atoms with E-state index in [1.54, 1.807) is 18.5 Å². The molecular formula is C11H8FN5O. The second kappa shape index (κ2) is 5.03. The average molecular weight is 245 g/mol. The molecule has 6 nitrogen and oxygen atoms in total. The molecule has 0 aliphatic carbocycles. The van der Waals surface area contributed by atoms with Gasteiger partial charge >= 0.3 is 0 Å². The molecule has 1 aromatic heterocycles. The highest BCUT2D eigenvalue weighted by Gasteiger charge is 2.05. The Kier molecular flexibility index (Phi) is 3.26. The van der Waals surface area contributed by atoms with E-state index in [1.807, 2.05) is 0 Å². The van der Waals surface area contributed by atoms with Gasteiger partial charge in [0, 0.05) is 28.6 Å². The highest BCUT2D eigenvalue weighted by Crippen LogP contribution is 2.21. The lowest BCUT2D eigenvalue weighted by molar-refractivity contribution is 0.322. The quantitative estimate of drug-likeness (QED) is 0.220. The predicted molar refractivity (Wildman–Crippen MR) is 63.9 cm³/mol. The van der Waals surface area contributed by atoms with E-state index in [2.05, 4.69) is 15.2 Å². The van der Waals surface area contributed by atoms with Crippen LogP contribution in [0.15, 0.2) is 46.9 Å². The van der Waals surface area contributed by atoms with Crippen LogP contribution in [0.4, 0.5) is 10.1 Å². The molecular weight excluding hydrogens is 237 g/mol. The maximum absolute atomic E-state index is 13.8. The molecule has 1 heterocycles. The summed E-state index contributed by atoms with van der Waals surface area (Å²) in [5.74, 6) is -0.511. The van der Waals surface area contributed by atoms with Gasteiger partial charge < -0.3 is 9.77 Å². The zero-order valence-electron chi connectivity index (χ0n) is 9.10. The second-order valence-corrected chi connectivity index (χ2v) is 3.42. The van der Waals surface area contributed by atoms with E-state index in [0.29, 0.717) is 11.3 Å². The minimum absolute atomic E-state index is 0.211. The molecule has 1 N–H and O–H groups in total. The molecule has 0 amide bonds. The Morgan fingerprint density at radius 3 is 2.89 bits per heavy atom. The lowest BCUT2D eigenvalue weighted by Gasteiger charge is -2.04. The second-order valence-electron chi connectivity index (χ2n) is 3.42. The highest BCUT2D eigenvalue weighted by molar-refractivity contribution is 5.78. The molecule has 0 fully saturated rings. The Hall–Kier alpha value is -2.79. The van der Waals surface area contributed by atoms with Crippen LogP contribution in [-0.4, -0.2) is 16.0 Å². The van der Waals surface area contributed by atoms with Gasteiger partial charge in [-0.1, -0.05) is 16.3 Å². The average Bonchev–Trinajstić information content (AvgIpc) is 2.78. The Morgan fingerprint density at radius 1 is 1.39 bits per heavy atom. The van der Waals surface area contributed by atoms with Gasteiger partial charge in [-0.15, -0.1) is 0 Å². The summed E-state index contributed by atoms with van der Waals surface area (Å²) in [7, 11) is 0. The van der Waals surface area contributed by atoms with E-state index in [-0.39, 0.29) is 5.69 Å². The third kappa shape index (κ3) is 2.31. The summed E-state index contributed by atoms with van der Waals surface area (Å²) in [6, 6.07) is 5.83. The van der Waals surface area contributed by atoms with Gasteiger partial charge in [-0.05, 0) is 23.7 Å². The van der Waals surface area contributed by atoms with Gasteiger partial charge in [0.15, 0.2) is 0 Å². The first kappa shape index (κ1) is 11.7. The molecule has 1 aromatic carbocycles. The molecule has 0 bridgehead atoms. The van der Waals surface area contributed by atoms with Crippen molar-refractivity contribution in [3.05, 3.63) is 58.5 Å². The van der Waals surface area contributed by atoms with E-state index in [0.717, 1.165) is 6.07 Å². The van der Waals surface area contributed by atoms with Crippen LogP contribution in [0.5, 0.6) is 0 Å². The number of benzene rings is 1.